The molecular weight excluding hydrogens is 210 g/mol. The van der Waals surface area contributed by atoms with Crippen molar-refractivity contribution in [3.63, 3.8) is 0 Å². The number of aryl methyl sites for hydroxylation is 1. The van der Waals surface area contributed by atoms with Gasteiger partial charge in [0.15, 0.2) is 5.76 Å². The Labute approximate surface area is 91.3 Å². The van der Waals surface area contributed by atoms with E-state index < -0.39 is 5.97 Å². The van der Waals surface area contributed by atoms with Crippen LogP contribution in [0.1, 0.15) is 29.5 Å². The number of rotatable bonds is 4. The van der Waals surface area contributed by atoms with Gasteiger partial charge in [-0.1, -0.05) is 12.1 Å². The number of nitrogens with one attached hydrogen (secondary N) is 1. The Hall–Kier alpha value is -2.11. The van der Waals surface area contributed by atoms with Crippen LogP contribution in [0.4, 0.5) is 0 Å². The molecule has 6 heteroatoms. The number of aromatic carboxylic acids is 1. The molecule has 0 aliphatic carbocycles. The average molecular weight is 221 g/mol. The van der Waals surface area contributed by atoms with Crippen molar-refractivity contribution in [2.24, 2.45) is 0 Å². The van der Waals surface area contributed by atoms with Gasteiger partial charge < -0.3 is 14.6 Å². The second-order valence-electron chi connectivity index (χ2n) is 3.35. The lowest BCUT2D eigenvalue weighted by Gasteiger charge is -1.95. The van der Waals surface area contributed by atoms with Crippen molar-refractivity contribution >= 4 is 5.97 Å². The second-order valence-corrected chi connectivity index (χ2v) is 3.35. The van der Waals surface area contributed by atoms with E-state index in [0.29, 0.717) is 23.6 Å². The number of carboxylic acids is 1. The summed E-state index contributed by atoms with van der Waals surface area (Å²) in [6, 6.07) is 0. The highest BCUT2D eigenvalue weighted by molar-refractivity contribution is 5.95. The summed E-state index contributed by atoms with van der Waals surface area (Å²) >= 11 is 0. The van der Waals surface area contributed by atoms with E-state index in [2.05, 4.69) is 15.1 Å². The topological polar surface area (TPSA) is 92.0 Å². The predicted octanol–water partition coefficient (Wildman–Crippen LogP) is 1.72. The number of aromatic nitrogens is 3. The van der Waals surface area contributed by atoms with Gasteiger partial charge in [-0.15, -0.1) is 0 Å². The lowest BCUT2D eigenvalue weighted by molar-refractivity contribution is 0.0695. The number of H-pyrrole nitrogens is 1. The fourth-order valence-corrected chi connectivity index (χ4v) is 1.51. The first-order valence-corrected chi connectivity index (χ1v) is 4.94. The van der Waals surface area contributed by atoms with Crippen LogP contribution < -0.4 is 0 Å². The molecule has 0 atom stereocenters. The molecule has 6 nitrogen and oxygen atoms in total. The summed E-state index contributed by atoms with van der Waals surface area (Å²) in [5.41, 5.74) is 0.961. The third kappa shape index (κ3) is 1.69. The van der Waals surface area contributed by atoms with E-state index >= 15 is 0 Å². The zero-order chi connectivity index (χ0) is 11.5. The summed E-state index contributed by atoms with van der Waals surface area (Å²) < 4.78 is 5.04. The molecule has 2 aromatic heterocycles. The van der Waals surface area contributed by atoms with Gasteiger partial charge in [-0.3, -0.25) is 0 Å². The molecule has 2 heterocycles. The first-order valence-electron chi connectivity index (χ1n) is 4.94. The first-order chi connectivity index (χ1) is 7.74. The van der Waals surface area contributed by atoms with Crippen LogP contribution in [0.15, 0.2) is 17.0 Å². The Morgan fingerprint density at radius 3 is 3.00 bits per heavy atom. The zero-order valence-corrected chi connectivity index (χ0v) is 8.73. The van der Waals surface area contributed by atoms with Crippen molar-refractivity contribution in [1.82, 2.24) is 15.1 Å². The highest BCUT2D eigenvalue weighted by atomic mass is 16.5. The molecular formula is C10H11N3O3. The second kappa shape index (κ2) is 4.18. The van der Waals surface area contributed by atoms with Gasteiger partial charge in [0.25, 0.3) is 0 Å². The molecule has 0 saturated carbocycles. The summed E-state index contributed by atoms with van der Waals surface area (Å²) in [4.78, 5) is 17.8. The van der Waals surface area contributed by atoms with Crippen molar-refractivity contribution in [3.8, 4) is 11.4 Å². The van der Waals surface area contributed by atoms with Crippen LogP contribution >= 0.6 is 0 Å². The summed E-state index contributed by atoms with van der Waals surface area (Å²) in [7, 11) is 0. The van der Waals surface area contributed by atoms with Crippen molar-refractivity contribution in [2.45, 2.75) is 19.8 Å². The maximum atomic E-state index is 11.1. The summed E-state index contributed by atoms with van der Waals surface area (Å²) in [6.45, 7) is 1.95. The number of carboxylic acid groups (broad SMARTS) is 1. The highest BCUT2D eigenvalue weighted by Gasteiger charge is 2.23. The minimum absolute atomic E-state index is 0.117. The van der Waals surface area contributed by atoms with E-state index in [9.17, 15) is 4.79 Å². The molecule has 2 rings (SSSR count). The fourth-order valence-electron chi connectivity index (χ4n) is 1.51. The normalized spacial score (nSPS) is 10.6. The van der Waals surface area contributed by atoms with Gasteiger partial charge in [-0.05, 0) is 6.42 Å². The van der Waals surface area contributed by atoms with Crippen molar-refractivity contribution < 1.29 is 14.4 Å². The SMILES string of the molecule is CCCc1onc(-c2cnc[nH]2)c1C(=O)O. The molecule has 84 valence electrons. The Morgan fingerprint density at radius 2 is 2.44 bits per heavy atom. The monoisotopic (exact) mass is 221 g/mol. The van der Waals surface area contributed by atoms with E-state index in [1.165, 1.54) is 12.5 Å². The molecule has 0 saturated heterocycles. The molecule has 0 aliphatic rings. The summed E-state index contributed by atoms with van der Waals surface area (Å²) in [6.07, 6.45) is 4.34. The average Bonchev–Trinajstić information content (AvgIpc) is 2.83. The lowest BCUT2D eigenvalue weighted by atomic mass is 10.1. The molecule has 2 N–H and O–H groups in total. The molecule has 0 amide bonds. The third-order valence-electron chi connectivity index (χ3n) is 2.21. The maximum Gasteiger partial charge on any atom is 0.341 e. The summed E-state index contributed by atoms with van der Waals surface area (Å²) in [5.74, 6) is -0.631. The van der Waals surface area contributed by atoms with Gasteiger partial charge in [0.2, 0.25) is 0 Å². The number of carbonyl (C=O) groups is 1. The van der Waals surface area contributed by atoms with Crippen LogP contribution in [0.5, 0.6) is 0 Å². The molecule has 0 unspecified atom stereocenters. The van der Waals surface area contributed by atoms with E-state index in [4.69, 9.17) is 9.63 Å². The predicted molar refractivity (Wildman–Crippen MR) is 55.0 cm³/mol. The molecule has 0 bridgehead atoms. The third-order valence-corrected chi connectivity index (χ3v) is 2.21. The van der Waals surface area contributed by atoms with Crippen molar-refractivity contribution in [2.75, 3.05) is 0 Å². The fraction of sp³-hybridized carbons (Fsp3) is 0.300. The first kappa shape index (κ1) is 10.4. The van der Waals surface area contributed by atoms with Crippen molar-refractivity contribution in [3.05, 3.63) is 23.8 Å². The van der Waals surface area contributed by atoms with Gasteiger partial charge in [0.05, 0.1) is 18.2 Å². The minimum Gasteiger partial charge on any atom is -0.477 e. The number of hydrogen-bond acceptors (Lipinski definition) is 4. The van der Waals surface area contributed by atoms with Gasteiger partial charge in [0, 0.05) is 6.42 Å². The number of hydrogen-bond donors (Lipinski definition) is 2. The number of imidazole rings is 1. The van der Waals surface area contributed by atoms with Crippen LogP contribution in [0, 0.1) is 0 Å². The minimum atomic E-state index is -1.03. The largest absolute Gasteiger partial charge is 0.477 e. The Morgan fingerprint density at radius 1 is 1.62 bits per heavy atom. The van der Waals surface area contributed by atoms with Crippen LogP contribution in [-0.4, -0.2) is 26.2 Å². The van der Waals surface area contributed by atoms with E-state index in [0.717, 1.165) is 6.42 Å². The maximum absolute atomic E-state index is 11.1. The molecule has 2 aromatic rings. The van der Waals surface area contributed by atoms with Crippen LogP contribution in [-0.2, 0) is 6.42 Å². The Kier molecular flexibility index (Phi) is 2.72. The number of nitrogens with zero attached hydrogens (tertiary/aromatic N) is 2. The van der Waals surface area contributed by atoms with Gasteiger partial charge in [-0.2, -0.15) is 0 Å². The Balaban J connectivity index is 2.50. The van der Waals surface area contributed by atoms with E-state index in [1.807, 2.05) is 6.92 Å². The van der Waals surface area contributed by atoms with Gasteiger partial charge in [-0.25, -0.2) is 9.78 Å². The van der Waals surface area contributed by atoms with Crippen LogP contribution in [0.25, 0.3) is 11.4 Å². The molecule has 0 aliphatic heterocycles. The molecule has 0 spiro atoms. The highest BCUT2D eigenvalue weighted by Crippen LogP contribution is 2.24. The smallest absolute Gasteiger partial charge is 0.341 e. The number of aromatic amines is 1. The summed E-state index contributed by atoms with van der Waals surface area (Å²) in [5, 5.41) is 12.9. The Bertz CT molecular complexity index is 487. The quantitative estimate of drug-likeness (QED) is 0.819. The lowest BCUT2D eigenvalue weighted by Crippen LogP contribution is -2.01. The van der Waals surface area contributed by atoms with Crippen LogP contribution in [0.2, 0.25) is 0 Å². The zero-order valence-electron chi connectivity index (χ0n) is 8.73. The van der Waals surface area contributed by atoms with Gasteiger partial charge >= 0.3 is 5.97 Å². The van der Waals surface area contributed by atoms with Crippen molar-refractivity contribution in [1.29, 1.82) is 0 Å². The molecule has 0 fully saturated rings. The molecule has 0 aromatic carbocycles. The molecule has 16 heavy (non-hydrogen) atoms. The van der Waals surface area contributed by atoms with E-state index in [-0.39, 0.29) is 5.56 Å². The van der Waals surface area contributed by atoms with Crippen LogP contribution in [0.3, 0.4) is 0 Å². The van der Waals surface area contributed by atoms with Gasteiger partial charge in [0.1, 0.15) is 11.3 Å². The molecule has 0 radical (unpaired) electrons. The van der Waals surface area contributed by atoms with E-state index in [1.54, 1.807) is 0 Å². The standard InChI is InChI=1S/C10H11N3O3/c1-2-3-7-8(10(14)15)9(13-16-7)6-4-11-5-12-6/h4-5H,2-3H2,1H3,(H,11,12)(H,14,15).